The second kappa shape index (κ2) is 3.74. The molecule has 0 radical (unpaired) electrons. The summed E-state index contributed by atoms with van der Waals surface area (Å²) in [6.45, 7) is 5.19. The molecule has 1 rings (SSSR count). The number of carbonyl (C=O) groups is 1. The molecule has 2 atom stereocenters. The molecule has 4 nitrogen and oxygen atoms in total. The van der Waals surface area contributed by atoms with Crippen LogP contribution < -0.4 is 0 Å². The van der Waals surface area contributed by atoms with Crippen molar-refractivity contribution < 1.29 is 15.0 Å². The maximum atomic E-state index is 10.6. The summed E-state index contributed by atoms with van der Waals surface area (Å²) in [7, 11) is 0. The molecule has 0 aromatic rings. The number of aliphatic hydroxyl groups is 2. The highest BCUT2D eigenvalue weighted by Gasteiger charge is 2.32. The number of likely N-dealkylation sites (tertiary alicyclic amines) is 1. The van der Waals surface area contributed by atoms with E-state index in [0.29, 0.717) is 19.6 Å². The number of β-amino-alcohol motifs (C(OH)–C–C–N with tert-alkyl or cyclic N) is 2. The van der Waals surface area contributed by atoms with Crippen LogP contribution in [0.2, 0.25) is 0 Å². The van der Waals surface area contributed by atoms with Crippen LogP contribution in [-0.2, 0) is 4.79 Å². The number of nitrogens with zero attached hydrogens (tertiary/aromatic N) is 1. The Hall–Kier alpha value is -0.450. The van der Waals surface area contributed by atoms with Crippen molar-refractivity contribution >= 4 is 6.29 Å². The van der Waals surface area contributed by atoms with Gasteiger partial charge in [0.15, 0.2) is 0 Å². The minimum absolute atomic E-state index is 0.399. The van der Waals surface area contributed by atoms with Gasteiger partial charge in [-0.25, -0.2) is 0 Å². The van der Waals surface area contributed by atoms with Gasteiger partial charge in [-0.2, -0.15) is 0 Å². The van der Waals surface area contributed by atoms with Gasteiger partial charge in [0.25, 0.3) is 0 Å². The number of rotatable bonds is 3. The molecule has 1 heterocycles. The van der Waals surface area contributed by atoms with Gasteiger partial charge in [0.2, 0.25) is 0 Å². The highest BCUT2D eigenvalue weighted by Crippen LogP contribution is 2.18. The molecule has 0 aliphatic carbocycles. The molecular weight excluding hydrogens is 170 g/mol. The van der Waals surface area contributed by atoms with E-state index < -0.39 is 17.6 Å². The van der Waals surface area contributed by atoms with Crippen molar-refractivity contribution in [2.24, 2.45) is 5.41 Å². The smallest absolute Gasteiger partial charge is 0.126 e. The predicted molar refractivity (Wildman–Crippen MR) is 48.3 cm³/mol. The molecule has 1 aliphatic rings. The van der Waals surface area contributed by atoms with E-state index >= 15 is 0 Å². The number of hydrogen-bond acceptors (Lipinski definition) is 4. The molecule has 0 saturated carbocycles. The summed E-state index contributed by atoms with van der Waals surface area (Å²) < 4.78 is 0. The van der Waals surface area contributed by atoms with E-state index in [-0.39, 0.29) is 0 Å². The van der Waals surface area contributed by atoms with Crippen LogP contribution in [0.5, 0.6) is 0 Å². The molecule has 1 fully saturated rings. The van der Waals surface area contributed by atoms with Gasteiger partial charge in [-0.05, 0) is 0 Å². The molecular formula is C9H17NO3. The van der Waals surface area contributed by atoms with Crippen LogP contribution in [0.3, 0.4) is 0 Å². The van der Waals surface area contributed by atoms with Gasteiger partial charge in [-0.3, -0.25) is 4.90 Å². The van der Waals surface area contributed by atoms with Gasteiger partial charge in [0.05, 0.1) is 12.2 Å². The molecule has 2 N–H and O–H groups in total. The normalized spacial score (nSPS) is 30.8. The summed E-state index contributed by atoms with van der Waals surface area (Å²) in [5, 5.41) is 18.5. The average Bonchev–Trinajstić information content (AvgIpc) is 2.30. The monoisotopic (exact) mass is 187 g/mol. The van der Waals surface area contributed by atoms with Gasteiger partial charge < -0.3 is 15.0 Å². The fourth-order valence-electron chi connectivity index (χ4n) is 1.59. The third-order valence-electron chi connectivity index (χ3n) is 2.28. The van der Waals surface area contributed by atoms with E-state index in [1.165, 1.54) is 0 Å². The zero-order valence-corrected chi connectivity index (χ0v) is 8.10. The molecule has 76 valence electrons. The van der Waals surface area contributed by atoms with Crippen molar-refractivity contribution in [3.63, 3.8) is 0 Å². The lowest BCUT2D eigenvalue weighted by molar-refractivity contribution is -0.115. The lowest BCUT2D eigenvalue weighted by Crippen LogP contribution is -2.34. The first-order valence-electron chi connectivity index (χ1n) is 4.49. The van der Waals surface area contributed by atoms with E-state index in [4.69, 9.17) is 0 Å². The Balaban J connectivity index is 2.44. The molecule has 0 aromatic carbocycles. The Labute approximate surface area is 78.2 Å². The highest BCUT2D eigenvalue weighted by atomic mass is 16.3. The second-order valence-corrected chi connectivity index (χ2v) is 4.44. The highest BCUT2D eigenvalue weighted by molar-refractivity contribution is 5.58. The van der Waals surface area contributed by atoms with Gasteiger partial charge in [-0.1, -0.05) is 13.8 Å². The Kier molecular flexibility index (Phi) is 3.05. The fourth-order valence-corrected chi connectivity index (χ4v) is 1.59. The van der Waals surface area contributed by atoms with Crippen molar-refractivity contribution in [1.29, 1.82) is 0 Å². The number of hydrogen-bond donors (Lipinski definition) is 2. The van der Waals surface area contributed by atoms with Crippen LogP contribution in [0.4, 0.5) is 0 Å². The quantitative estimate of drug-likeness (QED) is 0.571. The van der Waals surface area contributed by atoms with Crippen LogP contribution in [0.1, 0.15) is 13.8 Å². The van der Waals surface area contributed by atoms with Crippen LogP contribution in [-0.4, -0.2) is 53.2 Å². The SMILES string of the molecule is CC(C)(C=O)CN1CC(O)C(O)C1. The summed E-state index contributed by atoms with van der Waals surface area (Å²) in [5.41, 5.74) is -0.399. The number of carbonyl (C=O) groups excluding carboxylic acids is 1. The van der Waals surface area contributed by atoms with Crippen LogP contribution in [0.25, 0.3) is 0 Å². The van der Waals surface area contributed by atoms with E-state index in [9.17, 15) is 15.0 Å². The topological polar surface area (TPSA) is 60.8 Å². The third-order valence-corrected chi connectivity index (χ3v) is 2.28. The number of aliphatic hydroxyl groups excluding tert-OH is 2. The van der Waals surface area contributed by atoms with Crippen molar-refractivity contribution in [2.45, 2.75) is 26.1 Å². The molecule has 2 unspecified atom stereocenters. The van der Waals surface area contributed by atoms with Crippen LogP contribution in [0.15, 0.2) is 0 Å². The Morgan fingerprint density at radius 1 is 1.38 bits per heavy atom. The van der Waals surface area contributed by atoms with E-state index in [1.807, 2.05) is 18.7 Å². The second-order valence-electron chi connectivity index (χ2n) is 4.44. The summed E-state index contributed by atoms with van der Waals surface area (Å²) in [6, 6.07) is 0. The molecule has 1 aliphatic heterocycles. The van der Waals surface area contributed by atoms with Gasteiger partial charge in [0, 0.05) is 25.0 Å². The first kappa shape index (κ1) is 10.6. The van der Waals surface area contributed by atoms with Crippen molar-refractivity contribution in [3.8, 4) is 0 Å². The third kappa shape index (κ3) is 2.76. The minimum Gasteiger partial charge on any atom is -0.389 e. The average molecular weight is 187 g/mol. The zero-order chi connectivity index (χ0) is 10.1. The summed E-state index contributed by atoms with van der Waals surface area (Å²) in [5.74, 6) is 0. The van der Waals surface area contributed by atoms with E-state index in [2.05, 4.69) is 0 Å². The van der Waals surface area contributed by atoms with Crippen LogP contribution in [0, 0.1) is 5.41 Å². The summed E-state index contributed by atoms with van der Waals surface area (Å²) >= 11 is 0. The Morgan fingerprint density at radius 3 is 2.23 bits per heavy atom. The van der Waals surface area contributed by atoms with Crippen LogP contribution >= 0.6 is 0 Å². The largest absolute Gasteiger partial charge is 0.389 e. The Morgan fingerprint density at radius 2 is 1.85 bits per heavy atom. The van der Waals surface area contributed by atoms with Gasteiger partial charge in [0.1, 0.15) is 6.29 Å². The number of aldehydes is 1. The van der Waals surface area contributed by atoms with Gasteiger partial charge >= 0.3 is 0 Å². The van der Waals surface area contributed by atoms with Crippen molar-refractivity contribution in [1.82, 2.24) is 4.90 Å². The predicted octanol–water partition coefficient (Wildman–Crippen LogP) is -0.751. The maximum Gasteiger partial charge on any atom is 0.126 e. The molecule has 0 amide bonds. The van der Waals surface area contributed by atoms with Crippen molar-refractivity contribution in [2.75, 3.05) is 19.6 Å². The molecule has 1 saturated heterocycles. The minimum atomic E-state index is -0.664. The molecule has 4 heteroatoms. The van der Waals surface area contributed by atoms with Gasteiger partial charge in [-0.15, -0.1) is 0 Å². The van der Waals surface area contributed by atoms with Crippen molar-refractivity contribution in [3.05, 3.63) is 0 Å². The first-order chi connectivity index (χ1) is 5.94. The van der Waals surface area contributed by atoms with E-state index in [0.717, 1.165) is 6.29 Å². The lowest BCUT2D eigenvalue weighted by Gasteiger charge is -2.24. The Bertz CT molecular complexity index is 183. The molecule has 0 spiro atoms. The molecule has 0 aromatic heterocycles. The zero-order valence-electron chi connectivity index (χ0n) is 8.10. The van der Waals surface area contributed by atoms with E-state index in [1.54, 1.807) is 0 Å². The lowest BCUT2D eigenvalue weighted by atomic mass is 9.95. The fraction of sp³-hybridized carbons (Fsp3) is 0.889. The standard InChI is InChI=1S/C9H17NO3/c1-9(2,6-11)5-10-3-7(12)8(13)4-10/h6-8,12-13H,3-5H2,1-2H3. The maximum absolute atomic E-state index is 10.6. The molecule has 0 bridgehead atoms. The summed E-state index contributed by atoms with van der Waals surface area (Å²) in [6.07, 6.45) is -0.422. The molecule has 13 heavy (non-hydrogen) atoms. The summed E-state index contributed by atoms with van der Waals surface area (Å²) in [4.78, 5) is 12.5. The first-order valence-corrected chi connectivity index (χ1v) is 4.49.